The van der Waals surface area contributed by atoms with Crippen molar-refractivity contribution < 1.29 is 24.1 Å². The van der Waals surface area contributed by atoms with Crippen molar-refractivity contribution in [3.05, 3.63) is 59.7 Å². The van der Waals surface area contributed by atoms with E-state index in [0.29, 0.717) is 24.7 Å². The Morgan fingerprint density at radius 3 is 2.46 bits per heavy atom. The van der Waals surface area contributed by atoms with Gasteiger partial charge in [0.25, 0.3) is 0 Å². The Kier molecular flexibility index (Phi) is 6.63. The van der Waals surface area contributed by atoms with Crippen molar-refractivity contribution >= 4 is 5.97 Å². The highest BCUT2D eigenvalue weighted by Gasteiger charge is 2.19. The number of hydrogen-bond donors (Lipinski definition) is 1. The summed E-state index contributed by atoms with van der Waals surface area (Å²) in [6, 6.07) is 15.2. The molecule has 5 nitrogen and oxygen atoms in total. The number of methoxy groups -OCH3 is 1. The van der Waals surface area contributed by atoms with Gasteiger partial charge in [0, 0.05) is 13.0 Å². The standard InChI is InChI=1S/C19H22O5/c1-3-23-18(19(20)21)12-15-9-10-16(22-2)17(11-15)24-13-14-7-5-4-6-8-14/h4-11,18H,3,12-13H2,1-2H3,(H,20,21)/t18-/m0/s1. The van der Waals surface area contributed by atoms with Gasteiger partial charge in [0.2, 0.25) is 0 Å². The molecule has 1 N–H and O–H groups in total. The lowest BCUT2D eigenvalue weighted by Gasteiger charge is -2.15. The zero-order chi connectivity index (χ0) is 17.4. The van der Waals surface area contributed by atoms with Crippen molar-refractivity contribution in [2.45, 2.75) is 26.1 Å². The van der Waals surface area contributed by atoms with E-state index in [-0.39, 0.29) is 6.42 Å². The van der Waals surface area contributed by atoms with Gasteiger partial charge in [0.15, 0.2) is 17.6 Å². The first-order chi connectivity index (χ1) is 11.6. The average molecular weight is 330 g/mol. The van der Waals surface area contributed by atoms with Crippen LogP contribution in [0.15, 0.2) is 48.5 Å². The van der Waals surface area contributed by atoms with Crippen LogP contribution in [-0.2, 0) is 22.6 Å². The van der Waals surface area contributed by atoms with Crippen molar-refractivity contribution in [3.63, 3.8) is 0 Å². The van der Waals surface area contributed by atoms with Gasteiger partial charge in [-0.05, 0) is 30.2 Å². The molecule has 0 spiro atoms. The molecule has 0 heterocycles. The van der Waals surface area contributed by atoms with Gasteiger partial charge >= 0.3 is 5.97 Å². The van der Waals surface area contributed by atoms with E-state index in [9.17, 15) is 9.90 Å². The lowest BCUT2D eigenvalue weighted by molar-refractivity contribution is -0.149. The van der Waals surface area contributed by atoms with Crippen LogP contribution in [-0.4, -0.2) is 30.9 Å². The van der Waals surface area contributed by atoms with E-state index in [0.717, 1.165) is 11.1 Å². The molecule has 0 radical (unpaired) electrons. The molecule has 0 saturated carbocycles. The van der Waals surface area contributed by atoms with Crippen molar-refractivity contribution in [3.8, 4) is 11.5 Å². The first kappa shape index (κ1) is 17.8. The Morgan fingerprint density at radius 1 is 1.08 bits per heavy atom. The van der Waals surface area contributed by atoms with Gasteiger partial charge in [-0.1, -0.05) is 36.4 Å². The number of carbonyl (C=O) groups is 1. The Balaban J connectivity index is 2.12. The molecule has 0 aliphatic rings. The lowest BCUT2D eigenvalue weighted by atomic mass is 10.1. The van der Waals surface area contributed by atoms with Gasteiger partial charge < -0.3 is 19.3 Å². The number of carboxylic acids is 1. The normalized spacial score (nSPS) is 11.8. The molecular formula is C19H22O5. The Labute approximate surface area is 141 Å². The summed E-state index contributed by atoms with van der Waals surface area (Å²) in [4.78, 5) is 11.2. The van der Waals surface area contributed by atoms with Crippen LogP contribution >= 0.6 is 0 Å². The molecule has 2 aromatic rings. The van der Waals surface area contributed by atoms with Crippen LogP contribution in [0.2, 0.25) is 0 Å². The molecule has 0 fully saturated rings. The Bertz CT molecular complexity index is 654. The predicted octanol–water partition coefficient (Wildman–Crippen LogP) is 3.31. The molecule has 0 aliphatic heterocycles. The Morgan fingerprint density at radius 2 is 1.83 bits per heavy atom. The van der Waals surface area contributed by atoms with Gasteiger partial charge in [0.1, 0.15) is 6.61 Å². The second-order valence-electron chi connectivity index (χ2n) is 5.25. The molecule has 128 valence electrons. The minimum atomic E-state index is -0.973. The van der Waals surface area contributed by atoms with E-state index in [1.54, 1.807) is 26.2 Å². The highest BCUT2D eigenvalue weighted by atomic mass is 16.5. The van der Waals surface area contributed by atoms with Crippen molar-refractivity contribution in [1.82, 2.24) is 0 Å². The summed E-state index contributed by atoms with van der Waals surface area (Å²) in [7, 11) is 1.57. The van der Waals surface area contributed by atoms with Crippen LogP contribution in [0.25, 0.3) is 0 Å². The highest BCUT2D eigenvalue weighted by Crippen LogP contribution is 2.29. The van der Waals surface area contributed by atoms with Crippen LogP contribution in [0.4, 0.5) is 0 Å². The molecule has 0 saturated heterocycles. The summed E-state index contributed by atoms with van der Waals surface area (Å²) in [6.45, 7) is 2.54. The van der Waals surface area contributed by atoms with Crippen LogP contribution in [0, 0.1) is 0 Å². The summed E-state index contributed by atoms with van der Waals surface area (Å²) in [5.41, 5.74) is 1.86. The molecule has 0 bridgehead atoms. The topological polar surface area (TPSA) is 65.0 Å². The van der Waals surface area contributed by atoms with Crippen LogP contribution in [0.3, 0.4) is 0 Å². The van der Waals surface area contributed by atoms with Gasteiger partial charge in [-0.2, -0.15) is 0 Å². The fraction of sp³-hybridized carbons (Fsp3) is 0.316. The molecule has 5 heteroatoms. The zero-order valence-corrected chi connectivity index (χ0v) is 13.9. The van der Waals surface area contributed by atoms with Crippen LogP contribution in [0.5, 0.6) is 11.5 Å². The van der Waals surface area contributed by atoms with Crippen LogP contribution < -0.4 is 9.47 Å². The number of benzene rings is 2. The minimum Gasteiger partial charge on any atom is -0.493 e. The largest absolute Gasteiger partial charge is 0.493 e. The molecule has 0 aliphatic carbocycles. The predicted molar refractivity (Wildman–Crippen MR) is 90.5 cm³/mol. The molecule has 0 amide bonds. The number of hydrogen-bond acceptors (Lipinski definition) is 4. The maximum atomic E-state index is 11.2. The quantitative estimate of drug-likeness (QED) is 0.764. The molecule has 0 aromatic heterocycles. The van der Waals surface area contributed by atoms with Crippen molar-refractivity contribution in [2.75, 3.05) is 13.7 Å². The summed E-state index contributed by atoms with van der Waals surface area (Å²) >= 11 is 0. The highest BCUT2D eigenvalue weighted by molar-refractivity contribution is 5.72. The first-order valence-corrected chi connectivity index (χ1v) is 7.82. The second-order valence-corrected chi connectivity index (χ2v) is 5.25. The smallest absolute Gasteiger partial charge is 0.333 e. The average Bonchev–Trinajstić information content (AvgIpc) is 2.60. The third kappa shape index (κ3) is 4.99. The van der Waals surface area contributed by atoms with E-state index in [4.69, 9.17) is 14.2 Å². The number of carboxylic acid groups (broad SMARTS) is 1. The fourth-order valence-electron chi connectivity index (χ4n) is 2.33. The van der Waals surface area contributed by atoms with Gasteiger partial charge in [-0.3, -0.25) is 0 Å². The van der Waals surface area contributed by atoms with Crippen molar-refractivity contribution in [2.24, 2.45) is 0 Å². The monoisotopic (exact) mass is 330 g/mol. The van der Waals surface area contributed by atoms with E-state index in [1.807, 2.05) is 36.4 Å². The number of ether oxygens (including phenoxy) is 3. The maximum Gasteiger partial charge on any atom is 0.333 e. The Hall–Kier alpha value is -2.53. The molecule has 1 atom stereocenters. The number of aliphatic carboxylic acids is 1. The molecule has 0 unspecified atom stereocenters. The molecule has 24 heavy (non-hydrogen) atoms. The third-order valence-electron chi connectivity index (χ3n) is 3.53. The maximum absolute atomic E-state index is 11.2. The lowest BCUT2D eigenvalue weighted by Crippen LogP contribution is -2.26. The second kappa shape index (κ2) is 8.93. The van der Waals surface area contributed by atoms with E-state index in [1.165, 1.54) is 0 Å². The summed E-state index contributed by atoms with van der Waals surface area (Å²) < 4.78 is 16.4. The SMILES string of the molecule is CCO[C@@H](Cc1ccc(OC)c(OCc2ccccc2)c1)C(=O)O. The molecule has 2 rings (SSSR count). The molecule has 2 aromatic carbocycles. The summed E-state index contributed by atoms with van der Waals surface area (Å²) in [6.07, 6.45) is -0.597. The van der Waals surface area contributed by atoms with Gasteiger partial charge in [-0.15, -0.1) is 0 Å². The van der Waals surface area contributed by atoms with Gasteiger partial charge in [0.05, 0.1) is 7.11 Å². The fourth-order valence-corrected chi connectivity index (χ4v) is 2.33. The number of rotatable bonds is 9. The minimum absolute atomic E-state index is 0.273. The first-order valence-electron chi connectivity index (χ1n) is 7.82. The third-order valence-corrected chi connectivity index (χ3v) is 3.53. The van der Waals surface area contributed by atoms with E-state index < -0.39 is 12.1 Å². The van der Waals surface area contributed by atoms with Gasteiger partial charge in [-0.25, -0.2) is 4.79 Å². The van der Waals surface area contributed by atoms with E-state index >= 15 is 0 Å². The van der Waals surface area contributed by atoms with E-state index in [2.05, 4.69) is 0 Å². The summed E-state index contributed by atoms with van der Waals surface area (Å²) in [5, 5.41) is 9.21. The molecular weight excluding hydrogens is 308 g/mol. The zero-order valence-electron chi connectivity index (χ0n) is 13.9. The van der Waals surface area contributed by atoms with Crippen molar-refractivity contribution in [1.29, 1.82) is 0 Å². The summed E-state index contributed by atoms with van der Waals surface area (Å²) in [5.74, 6) is 0.219. The van der Waals surface area contributed by atoms with Crippen LogP contribution in [0.1, 0.15) is 18.1 Å².